The highest BCUT2D eigenvalue weighted by Crippen LogP contribution is 2.94. The molecule has 0 spiro atoms. The van der Waals surface area contributed by atoms with E-state index >= 15 is 0 Å². The number of esters is 2. The summed E-state index contributed by atoms with van der Waals surface area (Å²) in [5.41, 5.74) is 1.09. The van der Waals surface area contributed by atoms with Crippen molar-refractivity contribution in [3.05, 3.63) is 0 Å². The van der Waals surface area contributed by atoms with Gasteiger partial charge >= 0.3 is 11.9 Å². The fourth-order valence-electron chi connectivity index (χ4n) is 14.1. The van der Waals surface area contributed by atoms with Crippen molar-refractivity contribution >= 4 is 11.9 Å². The molecule has 9 saturated carbocycles. The molecule has 0 aromatic carbocycles. The SMILES string of the molecule is COC(=O)[C@@H]1[C@H]2CC[C@@H]([C@H]1C(=O)OC)[C@@H]1[C@@H]3C[C@H]([C@H]21)[C@@H]1[C@H]3[C@@]2(C)[C@@H]3[C@H]4CC[C@H](C4)[C@@H]3[C@@]12C. The van der Waals surface area contributed by atoms with Gasteiger partial charge in [-0.2, -0.15) is 0 Å². The van der Waals surface area contributed by atoms with Crippen molar-refractivity contribution in [1.29, 1.82) is 0 Å². The fourth-order valence-corrected chi connectivity index (χ4v) is 14.1. The molecule has 9 rings (SSSR count). The summed E-state index contributed by atoms with van der Waals surface area (Å²) >= 11 is 0. The van der Waals surface area contributed by atoms with Crippen LogP contribution in [0.5, 0.6) is 0 Å². The molecule has 9 fully saturated rings. The predicted octanol–water partition coefficient (Wildman–Crippen LogP) is 4.42. The molecule has 0 N–H and O–H groups in total. The highest BCUT2D eigenvalue weighted by Gasteiger charge is 2.90. The highest BCUT2D eigenvalue weighted by molar-refractivity contribution is 5.83. The van der Waals surface area contributed by atoms with Crippen molar-refractivity contribution < 1.29 is 19.1 Å². The largest absolute Gasteiger partial charge is 0.469 e. The number of hydrogen-bond acceptors (Lipinski definition) is 4. The number of carbonyl (C=O) groups excluding carboxylic acids is 2. The molecule has 6 bridgehead atoms. The summed E-state index contributed by atoms with van der Waals surface area (Å²) in [7, 11) is 2.99. The molecular formula is C28H38O4. The summed E-state index contributed by atoms with van der Waals surface area (Å²) < 4.78 is 10.6. The minimum atomic E-state index is -0.277. The van der Waals surface area contributed by atoms with Gasteiger partial charge in [0.2, 0.25) is 0 Å². The smallest absolute Gasteiger partial charge is 0.309 e. The van der Waals surface area contributed by atoms with E-state index in [0.29, 0.717) is 34.5 Å². The molecule has 0 aromatic rings. The van der Waals surface area contributed by atoms with Crippen LogP contribution in [0.1, 0.15) is 52.4 Å². The Morgan fingerprint density at radius 3 is 1.47 bits per heavy atom. The topological polar surface area (TPSA) is 52.6 Å². The second kappa shape index (κ2) is 5.60. The number of fused-ring (bicyclic) bond motifs is 17. The molecule has 0 heterocycles. The Balaban J connectivity index is 1.20. The van der Waals surface area contributed by atoms with E-state index in [-0.39, 0.29) is 23.8 Å². The predicted molar refractivity (Wildman–Crippen MR) is 117 cm³/mol. The van der Waals surface area contributed by atoms with Crippen molar-refractivity contribution in [3.63, 3.8) is 0 Å². The summed E-state index contributed by atoms with van der Waals surface area (Å²) in [5, 5.41) is 0. The number of hydrogen-bond donors (Lipinski definition) is 0. The molecule has 32 heavy (non-hydrogen) atoms. The zero-order valence-electron chi connectivity index (χ0n) is 20.0. The van der Waals surface area contributed by atoms with Gasteiger partial charge in [-0.25, -0.2) is 0 Å². The van der Waals surface area contributed by atoms with Gasteiger partial charge in [-0.1, -0.05) is 13.8 Å². The van der Waals surface area contributed by atoms with Crippen LogP contribution in [0.15, 0.2) is 0 Å². The third kappa shape index (κ3) is 1.62. The van der Waals surface area contributed by atoms with Gasteiger partial charge in [-0.3, -0.25) is 9.59 Å². The Morgan fingerprint density at radius 2 is 1.06 bits per heavy atom. The van der Waals surface area contributed by atoms with Crippen LogP contribution >= 0.6 is 0 Å². The van der Waals surface area contributed by atoms with Gasteiger partial charge in [0, 0.05) is 0 Å². The Hall–Kier alpha value is -1.06. The molecule has 0 aromatic heterocycles. The van der Waals surface area contributed by atoms with Gasteiger partial charge in [-0.15, -0.1) is 0 Å². The Morgan fingerprint density at radius 1 is 0.625 bits per heavy atom. The van der Waals surface area contributed by atoms with Gasteiger partial charge in [0.1, 0.15) is 0 Å². The first-order chi connectivity index (χ1) is 15.4. The lowest BCUT2D eigenvalue weighted by Gasteiger charge is -2.85. The van der Waals surface area contributed by atoms with Gasteiger partial charge in [0.15, 0.2) is 0 Å². The van der Waals surface area contributed by atoms with Gasteiger partial charge < -0.3 is 9.47 Å². The first-order valence-corrected chi connectivity index (χ1v) is 13.5. The molecule has 9 aliphatic rings. The summed E-state index contributed by atoms with van der Waals surface area (Å²) in [4.78, 5) is 26.0. The molecule has 9 aliphatic carbocycles. The van der Waals surface area contributed by atoms with Gasteiger partial charge in [-0.05, 0) is 120 Å². The molecule has 4 nitrogen and oxygen atoms in total. The third-order valence-corrected chi connectivity index (χ3v) is 14.2. The van der Waals surface area contributed by atoms with Crippen LogP contribution in [0.4, 0.5) is 0 Å². The Kier molecular flexibility index (Phi) is 3.37. The number of ether oxygens (including phenoxy) is 2. The maximum atomic E-state index is 13.0. The van der Waals surface area contributed by atoms with Crippen molar-refractivity contribution in [2.75, 3.05) is 14.2 Å². The van der Waals surface area contributed by atoms with Crippen LogP contribution in [0.3, 0.4) is 0 Å². The Labute approximate surface area is 191 Å². The van der Waals surface area contributed by atoms with E-state index in [1.54, 1.807) is 0 Å². The van der Waals surface area contributed by atoms with Crippen LogP contribution in [0, 0.1) is 93.7 Å². The maximum Gasteiger partial charge on any atom is 0.309 e. The van der Waals surface area contributed by atoms with Crippen LogP contribution in [-0.4, -0.2) is 26.2 Å². The summed E-state index contributed by atoms with van der Waals surface area (Å²) in [5.74, 6) is 8.39. The minimum absolute atomic E-state index is 0.158. The van der Waals surface area contributed by atoms with Gasteiger partial charge in [0.25, 0.3) is 0 Å². The van der Waals surface area contributed by atoms with E-state index in [0.717, 1.165) is 60.2 Å². The normalized spacial score (nSPS) is 65.9. The molecule has 0 amide bonds. The van der Waals surface area contributed by atoms with E-state index in [2.05, 4.69) is 13.8 Å². The summed E-state index contributed by atoms with van der Waals surface area (Å²) in [6, 6.07) is 0. The fraction of sp³-hybridized carbons (Fsp3) is 0.929. The average molecular weight is 439 g/mol. The van der Waals surface area contributed by atoms with Crippen LogP contribution in [0.2, 0.25) is 0 Å². The molecule has 0 unspecified atom stereocenters. The van der Waals surface area contributed by atoms with E-state index in [1.165, 1.54) is 39.9 Å². The number of rotatable bonds is 2. The lowest BCUT2D eigenvalue weighted by molar-refractivity contribution is -0.388. The summed E-state index contributed by atoms with van der Waals surface area (Å²) in [6.07, 6.45) is 8.08. The van der Waals surface area contributed by atoms with Crippen molar-refractivity contribution in [2.45, 2.75) is 52.4 Å². The number of carbonyl (C=O) groups is 2. The van der Waals surface area contributed by atoms with Crippen molar-refractivity contribution in [1.82, 2.24) is 0 Å². The van der Waals surface area contributed by atoms with Crippen LogP contribution < -0.4 is 0 Å². The second-order valence-electron chi connectivity index (χ2n) is 13.7. The molecule has 4 heteroatoms. The Bertz CT molecular complexity index is 856. The molecule has 174 valence electrons. The van der Waals surface area contributed by atoms with E-state index in [1.807, 2.05) is 0 Å². The maximum absolute atomic E-state index is 13.0. The third-order valence-electron chi connectivity index (χ3n) is 14.2. The number of methoxy groups -OCH3 is 2. The van der Waals surface area contributed by atoms with Gasteiger partial charge in [0.05, 0.1) is 26.1 Å². The lowest BCUT2D eigenvalue weighted by Crippen LogP contribution is -2.82. The first kappa shape index (κ1) is 19.3. The van der Waals surface area contributed by atoms with E-state index in [9.17, 15) is 9.59 Å². The van der Waals surface area contributed by atoms with Crippen molar-refractivity contribution in [2.24, 2.45) is 93.7 Å². The van der Waals surface area contributed by atoms with E-state index < -0.39 is 0 Å². The lowest BCUT2D eigenvalue weighted by atomic mass is 9.19. The monoisotopic (exact) mass is 438 g/mol. The molecular weight excluding hydrogens is 400 g/mol. The van der Waals surface area contributed by atoms with Crippen LogP contribution in [-0.2, 0) is 19.1 Å². The van der Waals surface area contributed by atoms with E-state index in [4.69, 9.17) is 9.47 Å². The zero-order valence-corrected chi connectivity index (χ0v) is 20.0. The molecule has 16 atom stereocenters. The standard InChI is InChI=1S/C28H38O4/c1-27-21-11-5-6-12(9-11)22(21)28(27,2)24-16-10-15(23(24)27)17-13-7-8-14(18(16)17)20(26(30)32-4)19(13)25(29)31-3/h11-24H,5-10H2,1-4H3/t11-,12+,13+,14-,15-,16+,17+,18-,19-,20-,21+,22-,23-,24+,27+,28-/m1/s1. The quantitative estimate of drug-likeness (QED) is 0.599. The van der Waals surface area contributed by atoms with Crippen molar-refractivity contribution in [3.8, 4) is 0 Å². The molecule has 0 radical (unpaired) electrons. The molecule has 0 aliphatic heterocycles. The zero-order chi connectivity index (χ0) is 21.9. The minimum Gasteiger partial charge on any atom is -0.469 e. The van der Waals surface area contributed by atoms with Crippen LogP contribution in [0.25, 0.3) is 0 Å². The molecule has 0 saturated heterocycles. The first-order valence-electron chi connectivity index (χ1n) is 13.5. The average Bonchev–Trinajstić information content (AvgIpc) is 3.60. The second-order valence-corrected chi connectivity index (χ2v) is 13.7. The summed E-state index contributed by atoms with van der Waals surface area (Å²) in [6.45, 7) is 5.39. The highest BCUT2D eigenvalue weighted by atomic mass is 16.5.